The third-order valence-corrected chi connectivity index (χ3v) is 3.58. The van der Waals surface area contributed by atoms with Gasteiger partial charge in [0.15, 0.2) is 0 Å². The number of ether oxygens (including phenoxy) is 2. The van der Waals surface area contributed by atoms with E-state index in [1.165, 1.54) is 37.1 Å². The van der Waals surface area contributed by atoms with Gasteiger partial charge >= 0.3 is 6.36 Å². The van der Waals surface area contributed by atoms with Gasteiger partial charge in [0.25, 0.3) is 0 Å². The van der Waals surface area contributed by atoms with Crippen LogP contribution in [0.1, 0.15) is 32.1 Å². The van der Waals surface area contributed by atoms with E-state index in [0.717, 1.165) is 19.3 Å². The number of hydrogen-bond acceptors (Lipinski definition) is 3. The van der Waals surface area contributed by atoms with Crippen LogP contribution in [0.5, 0.6) is 11.5 Å². The molecule has 0 amide bonds. The fourth-order valence-electron chi connectivity index (χ4n) is 2.63. The van der Waals surface area contributed by atoms with Crippen molar-refractivity contribution in [2.24, 2.45) is 5.92 Å². The van der Waals surface area contributed by atoms with E-state index in [0.29, 0.717) is 11.7 Å². The van der Waals surface area contributed by atoms with Gasteiger partial charge in [0.1, 0.15) is 18.1 Å². The summed E-state index contributed by atoms with van der Waals surface area (Å²) in [5.41, 5.74) is 0. The molecule has 0 aromatic heterocycles. The second-order valence-corrected chi connectivity index (χ2v) is 5.37. The third kappa shape index (κ3) is 5.83. The van der Waals surface area contributed by atoms with E-state index < -0.39 is 12.5 Å². The minimum atomic E-state index is -4.69. The zero-order valence-electron chi connectivity index (χ0n) is 11.6. The minimum absolute atomic E-state index is 0.149. The van der Waals surface area contributed by atoms with Crippen molar-refractivity contribution in [2.75, 3.05) is 6.61 Å². The van der Waals surface area contributed by atoms with Crippen molar-refractivity contribution in [1.29, 1.82) is 0 Å². The molecule has 3 nitrogen and oxygen atoms in total. The third-order valence-electron chi connectivity index (χ3n) is 3.58. The van der Waals surface area contributed by atoms with Gasteiger partial charge in [-0.05, 0) is 36.6 Å². The topological polar surface area (TPSA) is 38.7 Å². The van der Waals surface area contributed by atoms with Gasteiger partial charge in [0.2, 0.25) is 0 Å². The van der Waals surface area contributed by atoms with Gasteiger partial charge in [0, 0.05) is 0 Å². The monoisotopic (exact) mass is 304 g/mol. The van der Waals surface area contributed by atoms with Crippen LogP contribution in [0.25, 0.3) is 0 Å². The number of rotatable bonds is 6. The maximum absolute atomic E-state index is 12.0. The Morgan fingerprint density at radius 2 is 1.67 bits per heavy atom. The lowest BCUT2D eigenvalue weighted by molar-refractivity contribution is -0.274. The Balaban J connectivity index is 1.75. The molecule has 1 aromatic carbocycles. The van der Waals surface area contributed by atoms with Crippen LogP contribution in [0.3, 0.4) is 0 Å². The summed E-state index contributed by atoms with van der Waals surface area (Å²) in [6.45, 7) is 0.149. The molecule has 1 aliphatic carbocycles. The second kappa shape index (κ2) is 7.02. The molecule has 118 valence electrons. The van der Waals surface area contributed by atoms with E-state index in [-0.39, 0.29) is 12.4 Å². The van der Waals surface area contributed by atoms with Gasteiger partial charge in [-0.2, -0.15) is 0 Å². The lowest BCUT2D eigenvalue weighted by Gasteiger charge is -2.16. The molecular formula is C15H19F3O3. The summed E-state index contributed by atoms with van der Waals surface area (Å²) in [4.78, 5) is 0. The van der Waals surface area contributed by atoms with E-state index >= 15 is 0 Å². The maximum Gasteiger partial charge on any atom is 0.573 e. The molecular weight excluding hydrogens is 285 g/mol. The average Bonchev–Trinajstić information content (AvgIpc) is 2.89. The van der Waals surface area contributed by atoms with Crippen molar-refractivity contribution in [3.8, 4) is 11.5 Å². The largest absolute Gasteiger partial charge is 0.573 e. The molecule has 6 heteroatoms. The number of halogens is 3. The lowest BCUT2D eigenvalue weighted by atomic mass is 10.0. The molecule has 21 heavy (non-hydrogen) atoms. The average molecular weight is 304 g/mol. The van der Waals surface area contributed by atoms with Crippen LogP contribution in [-0.2, 0) is 0 Å². The molecule has 0 aliphatic heterocycles. The Morgan fingerprint density at radius 1 is 1.10 bits per heavy atom. The number of alkyl halides is 3. The lowest BCUT2D eigenvalue weighted by Crippen LogP contribution is -2.20. The molecule has 1 unspecified atom stereocenters. The fraction of sp³-hybridized carbons (Fsp3) is 0.600. The highest BCUT2D eigenvalue weighted by Gasteiger charge is 2.31. The van der Waals surface area contributed by atoms with Gasteiger partial charge in [-0.15, -0.1) is 13.2 Å². The molecule has 1 atom stereocenters. The smallest absolute Gasteiger partial charge is 0.491 e. The normalized spacial score (nSPS) is 17.7. The Kier molecular flexibility index (Phi) is 5.33. The van der Waals surface area contributed by atoms with Crippen LogP contribution in [0.4, 0.5) is 13.2 Å². The van der Waals surface area contributed by atoms with E-state index in [2.05, 4.69) is 4.74 Å². The molecule has 0 heterocycles. The summed E-state index contributed by atoms with van der Waals surface area (Å²) in [5.74, 6) is 0.683. The van der Waals surface area contributed by atoms with E-state index in [1.54, 1.807) is 0 Å². The Hall–Kier alpha value is -1.43. The highest BCUT2D eigenvalue weighted by atomic mass is 19.4. The molecule has 1 aromatic rings. The summed E-state index contributed by atoms with van der Waals surface area (Å²) < 4.78 is 45.2. The highest BCUT2D eigenvalue weighted by Crippen LogP contribution is 2.29. The Labute approximate surface area is 121 Å². The molecule has 1 N–H and O–H groups in total. The molecule has 0 bridgehead atoms. The van der Waals surface area contributed by atoms with Crippen LogP contribution < -0.4 is 9.47 Å². The van der Waals surface area contributed by atoms with E-state index in [1.807, 2.05) is 0 Å². The summed E-state index contributed by atoms with van der Waals surface area (Å²) >= 11 is 0. The zero-order valence-corrected chi connectivity index (χ0v) is 11.6. The van der Waals surface area contributed by atoms with Gasteiger partial charge in [-0.1, -0.05) is 25.7 Å². The Morgan fingerprint density at radius 3 is 2.24 bits per heavy atom. The number of aliphatic hydroxyl groups excluding tert-OH is 1. The van der Waals surface area contributed by atoms with Crippen molar-refractivity contribution in [1.82, 2.24) is 0 Å². The standard InChI is InChI=1S/C15H19F3O3/c16-15(17,18)21-14-7-5-13(6-8-14)20-10-12(19)9-11-3-1-2-4-11/h5-8,11-12,19H,1-4,9-10H2. The molecule has 1 saturated carbocycles. The van der Waals surface area contributed by atoms with E-state index in [9.17, 15) is 18.3 Å². The van der Waals surface area contributed by atoms with Crippen molar-refractivity contribution in [3.05, 3.63) is 24.3 Å². The molecule has 1 aliphatic rings. The fourth-order valence-corrected chi connectivity index (χ4v) is 2.63. The van der Waals surface area contributed by atoms with Crippen molar-refractivity contribution in [2.45, 2.75) is 44.6 Å². The highest BCUT2D eigenvalue weighted by molar-refractivity contribution is 5.31. The quantitative estimate of drug-likeness (QED) is 0.866. The van der Waals surface area contributed by atoms with Crippen LogP contribution in [0.2, 0.25) is 0 Å². The molecule has 0 saturated heterocycles. The predicted octanol–water partition coefficient (Wildman–Crippen LogP) is 3.91. The van der Waals surface area contributed by atoms with E-state index in [4.69, 9.17) is 4.74 Å². The molecule has 2 rings (SSSR count). The summed E-state index contributed by atoms with van der Waals surface area (Å²) in [6, 6.07) is 5.16. The summed E-state index contributed by atoms with van der Waals surface area (Å²) in [6.07, 6.45) is 0.229. The minimum Gasteiger partial charge on any atom is -0.491 e. The van der Waals surface area contributed by atoms with Gasteiger partial charge in [-0.25, -0.2) is 0 Å². The Bertz CT molecular complexity index is 425. The second-order valence-electron chi connectivity index (χ2n) is 5.37. The van der Waals surface area contributed by atoms with Gasteiger partial charge in [-0.3, -0.25) is 0 Å². The van der Waals surface area contributed by atoms with Crippen LogP contribution in [-0.4, -0.2) is 24.2 Å². The number of hydrogen-bond donors (Lipinski definition) is 1. The number of benzene rings is 1. The first kappa shape index (κ1) is 15.9. The first-order valence-electron chi connectivity index (χ1n) is 7.09. The number of aliphatic hydroxyl groups is 1. The molecule has 1 fully saturated rings. The first-order chi connectivity index (χ1) is 9.92. The van der Waals surface area contributed by atoms with Gasteiger partial charge < -0.3 is 14.6 Å². The first-order valence-corrected chi connectivity index (χ1v) is 7.09. The predicted molar refractivity (Wildman–Crippen MR) is 71.2 cm³/mol. The van der Waals surface area contributed by atoms with Crippen molar-refractivity contribution in [3.63, 3.8) is 0 Å². The summed E-state index contributed by atoms with van der Waals surface area (Å²) in [5, 5.41) is 9.88. The zero-order chi connectivity index (χ0) is 15.3. The molecule has 0 radical (unpaired) electrons. The maximum atomic E-state index is 12.0. The van der Waals surface area contributed by atoms with Crippen LogP contribution >= 0.6 is 0 Å². The van der Waals surface area contributed by atoms with Crippen LogP contribution in [0, 0.1) is 5.92 Å². The summed E-state index contributed by atoms with van der Waals surface area (Å²) in [7, 11) is 0. The van der Waals surface area contributed by atoms with Gasteiger partial charge in [0.05, 0.1) is 6.10 Å². The van der Waals surface area contributed by atoms with Crippen LogP contribution in [0.15, 0.2) is 24.3 Å². The van der Waals surface area contributed by atoms with Crippen molar-refractivity contribution < 1.29 is 27.8 Å². The van der Waals surface area contributed by atoms with Crippen molar-refractivity contribution >= 4 is 0 Å². The molecule has 0 spiro atoms. The SMILES string of the molecule is OC(COc1ccc(OC(F)(F)F)cc1)CC1CCCC1.